The van der Waals surface area contributed by atoms with Gasteiger partial charge in [0.1, 0.15) is 23.9 Å². The highest BCUT2D eigenvalue weighted by atomic mass is 79.9. The number of hydrogen-bond acceptors (Lipinski definition) is 4. The lowest BCUT2D eigenvalue weighted by Crippen LogP contribution is -2.01. The molecule has 1 rings (SSSR count). The summed E-state index contributed by atoms with van der Waals surface area (Å²) in [6, 6.07) is 10.7. The molecule has 4 nitrogen and oxygen atoms in total. The van der Waals surface area contributed by atoms with Gasteiger partial charge in [-0.3, -0.25) is 0 Å². The molecule has 0 spiro atoms. The first-order chi connectivity index (χ1) is 8.65. The number of aryl methyl sites for hydroxylation is 1. The predicted octanol–water partition coefficient (Wildman–Crippen LogP) is 3.25. The molecule has 0 amide bonds. The summed E-state index contributed by atoms with van der Waals surface area (Å²) in [5.41, 5.74) is 1.49. The minimum absolute atomic E-state index is 0.0376. The van der Waals surface area contributed by atoms with Crippen molar-refractivity contribution in [2.24, 2.45) is 0 Å². The molecule has 0 bridgehead atoms. The number of halogens is 1. The van der Waals surface area contributed by atoms with E-state index in [9.17, 15) is 0 Å². The van der Waals surface area contributed by atoms with Gasteiger partial charge in [0.15, 0.2) is 5.57 Å². The lowest BCUT2D eigenvalue weighted by Gasteiger charge is -2.08. The van der Waals surface area contributed by atoms with Gasteiger partial charge in [0.05, 0.1) is 0 Å². The molecule has 0 fully saturated rings. The van der Waals surface area contributed by atoms with Gasteiger partial charge < -0.3 is 5.32 Å². The summed E-state index contributed by atoms with van der Waals surface area (Å²) in [6.45, 7) is 2.01. The van der Waals surface area contributed by atoms with Crippen LogP contribution in [0.4, 0.5) is 5.69 Å². The maximum Gasteiger partial charge on any atom is 0.163 e. The van der Waals surface area contributed by atoms with E-state index in [1.807, 2.05) is 25.1 Å². The Morgan fingerprint density at radius 2 is 1.89 bits per heavy atom. The first kappa shape index (κ1) is 13.8. The van der Waals surface area contributed by atoms with E-state index < -0.39 is 0 Å². The molecule has 1 N–H and O–H groups in total. The van der Waals surface area contributed by atoms with Crippen molar-refractivity contribution in [1.29, 1.82) is 15.8 Å². The number of hydrogen-bond donors (Lipinski definition) is 1. The van der Waals surface area contributed by atoms with Gasteiger partial charge in [-0.25, -0.2) is 0 Å². The highest BCUT2D eigenvalue weighted by molar-refractivity contribution is 9.10. The number of anilines is 1. The van der Waals surface area contributed by atoms with E-state index in [2.05, 4.69) is 21.2 Å². The Bertz CT molecular complexity index is 595. The summed E-state index contributed by atoms with van der Waals surface area (Å²) in [6.07, 6.45) is 0.838. The first-order valence-electron chi connectivity index (χ1n) is 5.16. The monoisotopic (exact) mass is 300 g/mol. The molecule has 1 aromatic carbocycles. The highest BCUT2D eigenvalue weighted by Crippen LogP contribution is 2.22. The van der Waals surface area contributed by atoms with Crippen molar-refractivity contribution < 1.29 is 0 Å². The van der Waals surface area contributed by atoms with Crippen molar-refractivity contribution in [3.63, 3.8) is 0 Å². The second kappa shape index (κ2) is 6.45. The van der Waals surface area contributed by atoms with Gasteiger partial charge >= 0.3 is 0 Å². The van der Waals surface area contributed by atoms with Crippen LogP contribution in [0, 0.1) is 34.0 Å². The Hall–Kier alpha value is -2.29. The number of benzene rings is 1. The zero-order valence-corrected chi connectivity index (χ0v) is 11.2. The molecule has 0 aliphatic rings. The van der Waals surface area contributed by atoms with Gasteiger partial charge in [-0.15, -0.1) is 0 Å². The Balaban J connectivity index is 3.13. The molecule has 88 valence electrons. The van der Waals surface area contributed by atoms with Crippen molar-refractivity contribution in [1.82, 2.24) is 0 Å². The van der Waals surface area contributed by atoms with Crippen molar-refractivity contribution in [3.8, 4) is 18.2 Å². The summed E-state index contributed by atoms with van der Waals surface area (Å²) < 4.78 is 0.985. The molecule has 0 saturated carbocycles. The smallest absolute Gasteiger partial charge is 0.163 e. The molecule has 0 atom stereocenters. The van der Waals surface area contributed by atoms with E-state index in [0.29, 0.717) is 5.69 Å². The van der Waals surface area contributed by atoms with Crippen LogP contribution in [0.2, 0.25) is 0 Å². The molecule has 0 aromatic heterocycles. The normalized spacial score (nSPS) is 8.61. The van der Waals surface area contributed by atoms with Crippen LogP contribution in [0.15, 0.2) is 33.9 Å². The lowest BCUT2D eigenvalue weighted by molar-refractivity contribution is 1.13. The van der Waals surface area contributed by atoms with Gasteiger partial charge in [0, 0.05) is 10.2 Å². The Morgan fingerprint density at radius 3 is 2.39 bits per heavy atom. The Labute approximate surface area is 114 Å². The van der Waals surface area contributed by atoms with Crippen molar-refractivity contribution in [3.05, 3.63) is 39.5 Å². The molecule has 5 heteroatoms. The largest absolute Gasteiger partial charge is 0.345 e. The third-order valence-electron chi connectivity index (χ3n) is 2.28. The zero-order chi connectivity index (χ0) is 13.5. The van der Waals surface area contributed by atoms with Crippen LogP contribution < -0.4 is 5.32 Å². The first-order valence-corrected chi connectivity index (χ1v) is 5.95. The van der Waals surface area contributed by atoms with Crippen LogP contribution >= 0.6 is 15.9 Å². The number of rotatable bonds is 3. The van der Waals surface area contributed by atoms with Gasteiger partial charge in [-0.2, -0.15) is 15.8 Å². The van der Waals surface area contributed by atoms with Crippen LogP contribution in [0.1, 0.15) is 12.5 Å². The lowest BCUT2D eigenvalue weighted by atomic mass is 10.1. The van der Waals surface area contributed by atoms with E-state index >= 15 is 0 Å². The number of allylic oxidation sites excluding steroid dienone is 2. The molecule has 0 heterocycles. The van der Waals surface area contributed by atoms with Crippen molar-refractivity contribution in [2.75, 3.05) is 5.32 Å². The summed E-state index contributed by atoms with van der Waals surface area (Å²) in [4.78, 5) is 0. The average molecular weight is 301 g/mol. The molecule has 1 aromatic rings. The second-order valence-electron chi connectivity index (χ2n) is 3.37. The highest BCUT2D eigenvalue weighted by Gasteiger charge is 2.07. The number of nitrogens with zero attached hydrogens (tertiary/aromatic N) is 3. The quantitative estimate of drug-likeness (QED) is 0.869. The number of nitrogens with one attached hydrogen (secondary N) is 1. The van der Waals surface area contributed by atoms with E-state index in [1.165, 1.54) is 0 Å². The van der Waals surface area contributed by atoms with Gasteiger partial charge in [0.25, 0.3) is 0 Å². The summed E-state index contributed by atoms with van der Waals surface area (Å²) >= 11 is 3.42. The van der Waals surface area contributed by atoms with Gasteiger partial charge in [-0.05, 0) is 30.2 Å². The molecular weight excluding hydrogens is 292 g/mol. The molecule has 0 unspecified atom stereocenters. The molecule has 0 aliphatic heterocycles. The summed E-state index contributed by atoms with van der Waals surface area (Å²) in [7, 11) is 0. The topological polar surface area (TPSA) is 83.4 Å². The minimum atomic E-state index is -0.224. The third kappa shape index (κ3) is 3.10. The van der Waals surface area contributed by atoms with E-state index in [0.717, 1.165) is 16.5 Å². The standard InChI is InChI=1S/C13H9BrN4/c1-2-9-5-11(3-4-12(9)14)18-13(8-17)10(6-15)7-16/h3-5,18H,2H2,1H3. The van der Waals surface area contributed by atoms with Crippen LogP contribution in [0.3, 0.4) is 0 Å². The van der Waals surface area contributed by atoms with Crippen molar-refractivity contribution in [2.45, 2.75) is 13.3 Å². The fourth-order valence-corrected chi connectivity index (χ4v) is 1.88. The second-order valence-corrected chi connectivity index (χ2v) is 4.22. The summed E-state index contributed by atoms with van der Waals surface area (Å²) in [5.74, 6) is 0. The van der Waals surface area contributed by atoms with Crippen LogP contribution in [0.25, 0.3) is 0 Å². The average Bonchev–Trinajstić information content (AvgIpc) is 2.40. The SMILES string of the molecule is CCc1cc(NC(C#N)=C(C#N)C#N)ccc1Br. The Kier molecular flexibility index (Phi) is 4.93. The number of nitriles is 3. The van der Waals surface area contributed by atoms with Crippen LogP contribution in [0.5, 0.6) is 0 Å². The molecule has 0 saturated heterocycles. The van der Waals surface area contributed by atoms with E-state index in [1.54, 1.807) is 18.2 Å². The molecule has 18 heavy (non-hydrogen) atoms. The third-order valence-corrected chi connectivity index (χ3v) is 3.05. The molecule has 0 aliphatic carbocycles. The summed E-state index contributed by atoms with van der Waals surface area (Å²) in [5, 5.41) is 29.1. The fourth-order valence-electron chi connectivity index (χ4n) is 1.35. The predicted molar refractivity (Wildman–Crippen MR) is 71.0 cm³/mol. The van der Waals surface area contributed by atoms with Gasteiger partial charge in [0.2, 0.25) is 0 Å². The van der Waals surface area contributed by atoms with E-state index in [4.69, 9.17) is 15.8 Å². The zero-order valence-electron chi connectivity index (χ0n) is 9.66. The molecule has 0 radical (unpaired) electrons. The van der Waals surface area contributed by atoms with E-state index in [-0.39, 0.29) is 11.3 Å². The van der Waals surface area contributed by atoms with Crippen molar-refractivity contribution >= 4 is 21.6 Å². The van der Waals surface area contributed by atoms with Crippen LogP contribution in [-0.2, 0) is 6.42 Å². The Morgan fingerprint density at radius 1 is 1.22 bits per heavy atom. The maximum atomic E-state index is 8.92. The fraction of sp³-hybridized carbons (Fsp3) is 0.154. The maximum absolute atomic E-state index is 8.92. The van der Waals surface area contributed by atoms with Crippen LogP contribution in [-0.4, -0.2) is 0 Å². The van der Waals surface area contributed by atoms with Gasteiger partial charge in [-0.1, -0.05) is 22.9 Å². The molecular formula is C13H9BrN4. The minimum Gasteiger partial charge on any atom is -0.345 e.